The molecule has 0 spiro atoms. The molecule has 0 radical (unpaired) electrons. The molecule has 0 fully saturated rings. The SMILES string of the molecule is O=C(Nc1cc2cc([N+](=O)[O-])ccc2oc1=O)c1ccccc1Cl. The summed E-state index contributed by atoms with van der Waals surface area (Å²) >= 11 is 5.94. The molecule has 0 aliphatic rings. The Morgan fingerprint density at radius 2 is 1.92 bits per heavy atom. The van der Waals surface area contributed by atoms with Crippen molar-refractivity contribution in [3.05, 3.63) is 79.7 Å². The molecule has 0 bridgehead atoms. The van der Waals surface area contributed by atoms with Crippen LogP contribution < -0.4 is 10.9 Å². The number of halogens is 1. The lowest BCUT2D eigenvalue weighted by Crippen LogP contribution is -2.18. The van der Waals surface area contributed by atoms with E-state index in [1.165, 1.54) is 30.3 Å². The van der Waals surface area contributed by atoms with Crippen LogP contribution >= 0.6 is 11.6 Å². The van der Waals surface area contributed by atoms with Crippen LogP contribution in [0.2, 0.25) is 5.02 Å². The first-order valence-corrected chi connectivity index (χ1v) is 7.11. The van der Waals surface area contributed by atoms with Crippen LogP contribution in [-0.4, -0.2) is 10.8 Å². The molecule has 0 saturated heterocycles. The van der Waals surface area contributed by atoms with E-state index in [2.05, 4.69) is 5.32 Å². The molecule has 0 aliphatic heterocycles. The Kier molecular flexibility index (Phi) is 4.01. The quantitative estimate of drug-likeness (QED) is 0.444. The zero-order valence-corrected chi connectivity index (χ0v) is 12.7. The number of nitro benzene ring substituents is 1. The zero-order valence-electron chi connectivity index (χ0n) is 12.0. The van der Waals surface area contributed by atoms with Crippen molar-refractivity contribution in [2.75, 3.05) is 5.32 Å². The summed E-state index contributed by atoms with van der Waals surface area (Å²) in [5.41, 5.74) is -0.677. The monoisotopic (exact) mass is 344 g/mol. The number of amides is 1. The average molecular weight is 345 g/mol. The van der Waals surface area contributed by atoms with E-state index in [-0.39, 0.29) is 27.5 Å². The first-order chi connectivity index (χ1) is 11.5. The van der Waals surface area contributed by atoms with Crippen LogP contribution in [-0.2, 0) is 0 Å². The third-order valence-electron chi connectivity index (χ3n) is 3.29. The van der Waals surface area contributed by atoms with Crippen molar-refractivity contribution in [3.63, 3.8) is 0 Å². The maximum Gasteiger partial charge on any atom is 0.360 e. The molecule has 1 heterocycles. The maximum atomic E-state index is 12.2. The summed E-state index contributed by atoms with van der Waals surface area (Å²) < 4.78 is 5.07. The molecule has 0 aliphatic carbocycles. The first kappa shape index (κ1) is 15.7. The summed E-state index contributed by atoms with van der Waals surface area (Å²) in [5.74, 6) is -0.585. The summed E-state index contributed by atoms with van der Waals surface area (Å²) in [6.07, 6.45) is 0. The van der Waals surface area contributed by atoms with Crippen molar-refractivity contribution in [2.45, 2.75) is 0 Å². The highest BCUT2D eigenvalue weighted by Crippen LogP contribution is 2.22. The number of anilines is 1. The van der Waals surface area contributed by atoms with Gasteiger partial charge in [0.25, 0.3) is 11.6 Å². The van der Waals surface area contributed by atoms with Gasteiger partial charge in [-0.3, -0.25) is 14.9 Å². The lowest BCUT2D eigenvalue weighted by Gasteiger charge is -2.06. The molecular weight excluding hydrogens is 336 g/mol. The average Bonchev–Trinajstić information content (AvgIpc) is 2.55. The number of hydrogen-bond acceptors (Lipinski definition) is 5. The number of rotatable bonds is 3. The largest absolute Gasteiger partial charge is 0.421 e. The van der Waals surface area contributed by atoms with Crippen molar-refractivity contribution in [1.29, 1.82) is 0 Å². The summed E-state index contributed by atoms with van der Waals surface area (Å²) in [5, 5.41) is 13.8. The molecule has 7 nitrogen and oxygen atoms in total. The molecule has 3 aromatic rings. The second-order valence-corrected chi connectivity index (χ2v) is 5.27. The summed E-state index contributed by atoms with van der Waals surface area (Å²) in [6.45, 7) is 0. The van der Waals surface area contributed by atoms with Crippen molar-refractivity contribution in [1.82, 2.24) is 0 Å². The molecule has 1 N–H and O–H groups in total. The molecular formula is C16H9ClN2O5. The smallest absolute Gasteiger partial charge is 0.360 e. The molecule has 2 aromatic carbocycles. The zero-order chi connectivity index (χ0) is 17.3. The third kappa shape index (κ3) is 2.97. The van der Waals surface area contributed by atoms with E-state index < -0.39 is 16.5 Å². The topological polar surface area (TPSA) is 102 Å². The van der Waals surface area contributed by atoms with Crippen LogP contribution in [0.5, 0.6) is 0 Å². The fourth-order valence-corrected chi connectivity index (χ4v) is 2.37. The van der Waals surface area contributed by atoms with Crippen LogP contribution in [0.4, 0.5) is 11.4 Å². The number of carbonyl (C=O) groups is 1. The number of fused-ring (bicyclic) bond motifs is 1. The Morgan fingerprint density at radius 3 is 2.62 bits per heavy atom. The molecule has 0 saturated carbocycles. The highest BCUT2D eigenvalue weighted by molar-refractivity contribution is 6.34. The highest BCUT2D eigenvalue weighted by atomic mass is 35.5. The van der Waals surface area contributed by atoms with Gasteiger partial charge < -0.3 is 9.73 Å². The second-order valence-electron chi connectivity index (χ2n) is 4.86. The Hall–Kier alpha value is -3.19. The minimum atomic E-state index is -0.767. The first-order valence-electron chi connectivity index (χ1n) is 6.74. The number of carbonyl (C=O) groups excluding carboxylic acids is 1. The minimum Gasteiger partial charge on any atom is -0.421 e. The Labute approximate surface area is 139 Å². The van der Waals surface area contributed by atoms with E-state index in [1.54, 1.807) is 18.2 Å². The van der Waals surface area contributed by atoms with E-state index in [9.17, 15) is 19.7 Å². The van der Waals surface area contributed by atoms with E-state index >= 15 is 0 Å². The summed E-state index contributed by atoms with van der Waals surface area (Å²) in [4.78, 5) is 34.4. The van der Waals surface area contributed by atoms with Crippen LogP contribution in [0.1, 0.15) is 10.4 Å². The Balaban J connectivity index is 2.01. The number of nitrogens with zero attached hydrogens (tertiary/aromatic N) is 1. The number of nitrogens with one attached hydrogen (secondary N) is 1. The maximum absolute atomic E-state index is 12.2. The second kappa shape index (κ2) is 6.13. The summed E-state index contributed by atoms with van der Waals surface area (Å²) in [6, 6.07) is 11.5. The van der Waals surface area contributed by atoms with Crippen LogP contribution in [0.25, 0.3) is 11.0 Å². The molecule has 8 heteroatoms. The van der Waals surface area contributed by atoms with Gasteiger partial charge in [0.2, 0.25) is 0 Å². The Bertz CT molecular complexity index is 1030. The van der Waals surface area contributed by atoms with Gasteiger partial charge in [-0.1, -0.05) is 23.7 Å². The van der Waals surface area contributed by atoms with Crippen molar-refractivity contribution in [2.24, 2.45) is 0 Å². The van der Waals surface area contributed by atoms with Crippen molar-refractivity contribution in [3.8, 4) is 0 Å². The van der Waals surface area contributed by atoms with Gasteiger partial charge in [-0.15, -0.1) is 0 Å². The third-order valence-corrected chi connectivity index (χ3v) is 3.62. The van der Waals surface area contributed by atoms with Gasteiger partial charge in [0.05, 0.1) is 15.5 Å². The Morgan fingerprint density at radius 1 is 1.17 bits per heavy atom. The van der Waals surface area contributed by atoms with E-state index in [4.69, 9.17) is 16.0 Å². The number of hydrogen-bond donors (Lipinski definition) is 1. The predicted molar refractivity (Wildman–Crippen MR) is 88.5 cm³/mol. The van der Waals surface area contributed by atoms with E-state index in [0.29, 0.717) is 5.39 Å². The molecule has 120 valence electrons. The van der Waals surface area contributed by atoms with Gasteiger partial charge in [0.15, 0.2) is 0 Å². The van der Waals surface area contributed by atoms with Crippen LogP contribution in [0.15, 0.2) is 57.7 Å². The molecule has 0 atom stereocenters. The van der Waals surface area contributed by atoms with Gasteiger partial charge in [0, 0.05) is 17.5 Å². The molecule has 1 aromatic heterocycles. The van der Waals surface area contributed by atoms with Crippen molar-refractivity contribution >= 4 is 39.9 Å². The predicted octanol–water partition coefficient (Wildman–Crippen LogP) is 3.61. The minimum absolute atomic E-state index is 0.132. The summed E-state index contributed by atoms with van der Waals surface area (Å²) in [7, 11) is 0. The van der Waals surface area contributed by atoms with E-state index in [1.807, 2.05) is 0 Å². The molecule has 1 amide bonds. The van der Waals surface area contributed by atoms with Crippen molar-refractivity contribution < 1.29 is 14.1 Å². The number of non-ortho nitro benzene ring substituents is 1. The van der Waals surface area contributed by atoms with Crippen LogP contribution in [0.3, 0.4) is 0 Å². The molecule has 24 heavy (non-hydrogen) atoms. The van der Waals surface area contributed by atoms with Gasteiger partial charge in [-0.05, 0) is 24.3 Å². The lowest BCUT2D eigenvalue weighted by atomic mass is 10.2. The molecule has 3 rings (SSSR count). The van der Waals surface area contributed by atoms with Gasteiger partial charge in [0.1, 0.15) is 11.3 Å². The lowest BCUT2D eigenvalue weighted by molar-refractivity contribution is -0.384. The van der Waals surface area contributed by atoms with Gasteiger partial charge in [-0.25, -0.2) is 4.79 Å². The van der Waals surface area contributed by atoms with Crippen LogP contribution in [0, 0.1) is 10.1 Å². The number of benzene rings is 2. The van der Waals surface area contributed by atoms with Gasteiger partial charge in [-0.2, -0.15) is 0 Å². The molecule has 0 unspecified atom stereocenters. The normalized spacial score (nSPS) is 10.5. The fourth-order valence-electron chi connectivity index (χ4n) is 2.15. The van der Waals surface area contributed by atoms with Gasteiger partial charge >= 0.3 is 5.63 Å². The highest BCUT2D eigenvalue weighted by Gasteiger charge is 2.14. The number of nitro groups is 1. The fraction of sp³-hybridized carbons (Fsp3) is 0. The van der Waals surface area contributed by atoms with E-state index in [0.717, 1.165) is 0 Å². The standard InChI is InChI=1S/C16H9ClN2O5/c17-12-4-2-1-3-11(12)15(20)18-13-8-9-7-10(19(22)23)5-6-14(9)24-16(13)21/h1-8H,(H,18,20).